The quantitative estimate of drug-likeness (QED) is 0.461. The number of guanidine groups is 1. The molecule has 3 aromatic rings. The summed E-state index contributed by atoms with van der Waals surface area (Å²) in [5, 5.41) is 15.1. The van der Waals surface area contributed by atoms with E-state index in [0.29, 0.717) is 31.8 Å². The highest BCUT2D eigenvalue weighted by atomic mass is 16.5. The zero-order valence-corrected chi connectivity index (χ0v) is 17.3. The van der Waals surface area contributed by atoms with Crippen molar-refractivity contribution >= 4 is 11.6 Å². The van der Waals surface area contributed by atoms with Crippen molar-refractivity contribution in [1.29, 1.82) is 0 Å². The van der Waals surface area contributed by atoms with Crippen LogP contribution in [0.4, 0.5) is 0 Å². The largest absolute Gasteiger partial charge is 0.381 e. The number of rotatable bonds is 7. The smallest absolute Gasteiger partial charge is 0.191 e. The fourth-order valence-corrected chi connectivity index (χ4v) is 3.47. The molecule has 0 atom stereocenters. The maximum absolute atomic E-state index is 6.03. The fourth-order valence-electron chi connectivity index (χ4n) is 3.47. The molecule has 2 N–H and O–H groups in total. The number of fused-ring (bicyclic) bond motifs is 1. The highest BCUT2D eigenvalue weighted by Crippen LogP contribution is 2.14. The monoisotopic (exact) mass is 408 g/mol. The van der Waals surface area contributed by atoms with Crippen LogP contribution in [-0.4, -0.2) is 46.9 Å². The van der Waals surface area contributed by atoms with Crippen molar-refractivity contribution in [3.05, 3.63) is 65.6 Å². The summed E-state index contributed by atoms with van der Waals surface area (Å²) in [6, 6.07) is 14.3. The number of hydrogen-bond donors (Lipinski definition) is 2. The lowest BCUT2D eigenvalue weighted by Gasteiger charge is -2.22. The van der Waals surface area contributed by atoms with Crippen LogP contribution in [0, 0.1) is 0 Å². The Morgan fingerprint density at radius 3 is 2.80 bits per heavy atom. The van der Waals surface area contributed by atoms with E-state index >= 15 is 0 Å². The van der Waals surface area contributed by atoms with Gasteiger partial charge in [-0.05, 0) is 36.1 Å². The van der Waals surface area contributed by atoms with E-state index < -0.39 is 0 Å². The van der Waals surface area contributed by atoms with Gasteiger partial charge in [0.05, 0.1) is 19.3 Å². The van der Waals surface area contributed by atoms with Gasteiger partial charge in [0.2, 0.25) is 0 Å². The van der Waals surface area contributed by atoms with Crippen molar-refractivity contribution in [3.8, 4) is 0 Å². The van der Waals surface area contributed by atoms with Crippen molar-refractivity contribution in [1.82, 2.24) is 25.2 Å². The first-order valence-corrected chi connectivity index (χ1v) is 10.3. The summed E-state index contributed by atoms with van der Waals surface area (Å²) < 4.78 is 13.4. The average molecular weight is 409 g/mol. The maximum Gasteiger partial charge on any atom is 0.191 e. The lowest BCUT2D eigenvalue weighted by atomic mass is 10.1. The van der Waals surface area contributed by atoms with Crippen LogP contribution in [0.5, 0.6) is 0 Å². The summed E-state index contributed by atoms with van der Waals surface area (Å²) >= 11 is 0. The molecular formula is C22H28N6O2. The molecule has 8 heteroatoms. The van der Waals surface area contributed by atoms with Crippen LogP contribution in [-0.2, 0) is 29.2 Å². The zero-order chi connectivity index (χ0) is 20.6. The molecule has 1 aromatic carbocycles. The minimum Gasteiger partial charge on any atom is -0.381 e. The molecule has 0 unspecified atom stereocenters. The first kappa shape index (κ1) is 20.3. The second kappa shape index (κ2) is 10.2. The Morgan fingerprint density at radius 2 is 1.93 bits per heavy atom. The average Bonchev–Trinajstić information content (AvgIpc) is 3.22. The summed E-state index contributed by atoms with van der Waals surface area (Å²) in [6.07, 6.45) is 4.21. The third-order valence-electron chi connectivity index (χ3n) is 5.13. The molecule has 1 aliphatic heterocycles. The van der Waals surface area contributed by atoms with E-state index in [9.17, 15) is 0 Å². The van der Waals surface area contributed by atoms with Crippen LogP contribution in [0.2, 0.25) is 0 Å². The summed E-state index contributed by atoms with van der Waals surface area (Å²) in [5.74, 6) is 1.55. The molecule has 0 saturated carbocycles. The molecule has 158 valence electrons. The van der Waals surface area contributed by atoms with Gasteiger partial charge in [-0.15, -0.1) is 10.2 Å². The molecular weight excluding hydrogens is 380 g/mol. The van der Waals surface area contributed by atoms with Crippen molar-refractivity contribution in [2.45, 2.75) is 38.6 Å². The number of benzene rings is 1. The minimum atomic E-state index is 0.303. The van der Waals surface area contributed by atoms with Crippen molar-refractivity contribution < 1.29 is 9.47 Å². The Bertz CT molecular complexity index is 980. The van der Waals surface area contributed by atoms with E-state index in [0.717, 1.165) is 37.5 Å². The Balaban J connectivity index is 1.27. The molecule has 1 aliphatic rings. The number of hydrogen-bond acceptors (Lipinski definition) is 5. The molecule has 0 aliphatic carbocycles. The van der Waals surface area contributed by atoms with E-state index in [-0.39, 0.29) is 0 Å². The Hall–Kier alpha value is -2.97. The molecule has 8 nitrogen and oxygen atoms in total. The molecule has 30 heavy (non-hydrogen) atoms. The lowest BCUT2D eigenvalue weighted by Crippen LogP contribution is -2.36. The van der Waals surface area contributed by atoms with E-state index in [1.54, 1.807) is 7.05 Å². The van der Waals surface area contributed by atoms with Crippen LogP contribution in [0.1, 0.15) is 29.8 Å². The molecule has 0 bridgehead atoms. The summed E-state index contributed by atoms with van der Waals surface area (Å²) in [7, 11) is 1.76. The van der Waals surface area contributed by atoms with Crippen molar-refractivity contribution in [3.63, 3.8) is 0 Å². The zero-order valence-electron chi connectivity index (χ0n) is 17.3. The number of aliphatic imine (C=N–C) groups is 1. The number of ether oxygens (including phenoxy) is 2. The summed E-state index contributed by atoms with van der Waals surface area (Å²) in [4.78, 5) is 4.30. The predicted octanol–water partition coefficient (Wildman–Crippen LogP) is 2.29. The van der Waals surface area contributed by atoms with Gasteiger partial charge in [0, 0.05) is 33.0 Å². The Labute approximate surface area is 176 Å². The number of pyridine rings is 1. The predicted molar refractivity (Wildman–Crippen MR) is 115 cm³/mol. The van der Waals surface area contributed by atoms with Crippen molar-refractivity contribution in [2.24, 2.45) is 4.99 Å². The molecule has 0 radical (unpaired) electrons. The first-order valence-electron chi connectivity index (χ1n) is 10.3. The Kier molecular flexibility index (Phi) is 6.89. The molecule has 4 rings (SSSR count). The third-order valence-corrected chi connectivity index (χ3v) is 5.13. The van der Waals surface area contributed by atoms with Crippen LogP contribution in [0.25, 0.3) is 5.65 Å². The van der Waals surface area contributed by atoms with Gasteiger partial charge in [-0.1, -0.05) is 30.3 Å². The van der Waals surface area contributed by atoms with Crippen LogP contribution in [0.3, 0.4) is 0 Å². The standard InChI is InChI=1S/C22H28N6O2/c1-23-22(25-15-21-27-26-20-7-2-3-10-28(20)21)24-14-17-5-4-6-18(13-17)16-30-19-8-11-29-12-9-19/h2-7,10,13,19H,8-9,11-12,14-16H2,1H3,(H2,23,24,25). The highest BCUT2D eigenvalue weighted by Gasteiger charge is 2.14. The third kappa shape index (κ3) is 5.34. The minimum absolute atomic E-state index is 0.303. The van der Waals surface area contributed by atoms with Gasteiger partial charge in [0.25, 0.3) is 0 Å². The van der Waals surface area contributed by atoms with Gasteiger partial charge < -0.3 is 20.1 Å². The van der Waals surface area contributed by atoms with Gasteiger partial charge in [-0.25, -0.2) is 0 Å². The highest BCUT2D eigenvalue weighted by molar-refractivity contribution is 5.79. The topological polar surface area (TPSA) is 85.1 Å². The number of nitrogens with one attached hydrogen (secondary N) is 2. The molecule has 0 amide bonds. The van der Waals surface area contributed by atoms with Gasteiger partial charge >= 0.3 is 0 Å². The lowest BCUT2D eigenvalue weighted by molar-refractivity contribution is -0.0390. The van der Waals surface area contributed by atoms with E-state index in [2.05, 4.69) is 50.1 Å². The molecule has 3 heterocycles. The molecule has 2 aromatic heterocycles. The second-order valence-corrected chi connectivity index (χ2v) is 7.27. The molecule has 0 spiro atoms. The number of nitrogens with zero attached hydrogens (tertiary/aromatic N) is 4. The maximum atomic E-state index is 6.03. The van der Waals surface area contributed by atoms with E-state index in [4.69, 9.17) is 9.47 Å². The van der Waals surface area contributed by atoms with E-state index in [1.165, 1.54) is 11.1 Å². The van der Waals surface area contributed by atoms with Crippen molar-refractivity contribution in [2.75, 3.05) is 20.3 Å². The van der Waals surface area contributed by atoms with Gasteiger partial charge in [0.15, 0.2) is 17.4 Å². The molecule has 1 saturated heterocycles. The normalized spacial score (nSPS) is 15.4. The van der Waals surface area contributed by atoms with Gasteiger partial charge in [-0.2, -0.15) is 0 Å². The molecule has 1 fully saturated rings. The van der Waals surface area contributed by atoms with Gasteiger partial charge in [0.1, 0.15) is 0 Å². The number of aromatic nitrogens is 3. The van der Waals surface area contributed by atoms with Crippen LogP contribution in [0.15, 0.2) is 53.7 Å². The van der Waals surface area contributed by atoms with Crippen LogP contribution < -0.4 is 10.6 Å². The second-order valence-electron chi connectivity index (χ2n) is 7.27. The van der Waals surface area contributed by atoms with Crippen LogP contribution >= 0.6 is 0 Å². The fraction of sp³-hybridized carbons (Fsp3) is 0.409. The summed E-state index contributed by atoms with van der Waals surface area (Å²) in [6.45, 7) is 3.43. The van der Waals surface area contributed by atoms with E-state index in [1.807, 2.05) is 28.8 Å². The SMILES string of the molecule is CN=C(NCc1cccc(COC2CCOCC2)c1)NCc1nnc2ccccn12. The van der Waals surface area contributed by atoms with Gasteiger partial charge in [-0.3, -0.25) is 9.39 Å². The Morgan fingerprint density at radius 1 is 1.10 bits per heavy atom. The first-order chi connectivity index (χ1) is 14.8. The summed E-state index contributed by atoms with van der Waals surface area (Å²) in [5.41, 5.74) is 3.19.